The number of aliphatic hydroxyl groups is 8. The number of fused-ring (bicyclic) bond motifs is 1. The first-order valence-electron chi connectivity index (χ1n) is 15.6. The first-order valence-corrected chi connectivity index (χ1v) is 15.6. The lowest BCUT2D eigenvalue weighted by Crippen LogP contribution is -2.60. The van der Waals surface area contributed by atoms with Crippen LogP contribution in [0.4, 0.5) is 0 Å². The zero-order chi connectivity index (χ0) is 34.3. The van der Waals surface area contributed by atoms with Crippen molar-refractivity contribution in [1.29, 1.82) is 0 Å². The zero-order valence-electron chi connectivity index (χ0n) is 26.2. The minimum atomic E-state index is -1.59. The molecule has 2 aromatic carbocycles. The van der Waals surface area contributed by atoms with Crippen molar-refractivity contribution in [2.75, 3.05) is 40.6 Å². The van der Waals surface area contributed by atoms with Gasteiger partial charge in [-0.1, -0.05) is 12.1 Å². The van der Waals surface area contributed by atoms with Crippen LogP contribution >= 0.6 is 0 Å². The summed E-state index contributed by atoms with van der Waals surface area (Å²) in [6.07, 6.45) is -15.0. The second-order valence-corrected chi connectivity index (χ2v) is 12.3. The van der Waals surface area contributed by atoms with Crippen molar-refractivity contribution in [3.63, 3.8) is 0 Å². The predicted octanol–water partition coefficient (Wildman–Crippen LogP) is -1.86. The summed E-state index contributed by atoms with van der Waals surface area (Å²) < 4.78 is 46.1. The first-order chi connectivity index (χ1) is 23.1. The van der Waals surface area contributed by atoms with Gasteiger partial charge < -0.3 is 78.7 Å². The van der Waals surface area contributed by atoms with Crippen LogP contribution in [0.25, 0.3) is 0 Å². The minimum Gasteiger partial charge on any atom is -0.493 e. The standard InChI is InChI=1S/C32H42O16/c1-41-19-7-13(3-5-17(19)45-31-27(39)25(37)23(35)21(9-33)47-31)29-15-11-44-30(16(15)12-43-29)14-4-6-18(20(8-14)42-2)46-32-28(40)26(38)24(36)22(10-34)48-32/h3-8,15-16,21-40H,9-12H2,1-2H3/t15-,16+,21-,22-,23-,24-,25+,26+,27-,28-,29-,30-,31-,32-/m1/s1. The molecule has 0 spiro atoms. The highest BCUT2D eigenvalue weighted by molar-refractivity contribution is 5.46. The Bertz CT molecular complexity index is 1290. The number of aliphatic hydroxyl groups excluding tert-OH is 8. The lowest BCUT2D eigenvalue weighted by Gasteiger charge is -2.39. The van der Waals surface area contributed by atoms with E-state index in [-0.39, 0.29) is 35.5 Å². The molecule has 4 fully saturated rings. The molecule has 16 heteroatoms. The van der Waals surface area contributed by atoms with Crippen molar-refractivity contribution in [2.24, 2.45) is 11.8 Å². The third-order valence-corrected chi connectivity index (χ3v) is 9.48. The fraction of sp³-hybridized carbons (Fsp3) is 0.625. The van der Waals surface area contributed by atoms with Gasteiger partial charge >= 0.3 is 0 Å². The van der Waals surface area contributed by atoms with Crippen LogP contribution in [-0.2, 0) is 18.9 Å². The molecule has 16 nitrogen and oxygen atoms in total. The van der Waals surface area contributed by atoms with Crippen LogP contribution in [-0.4, -0.2) is 143 Å². The second-order valence-electron chi connectivity index (χ2n) is 12.3. The van der Waals surface area contributed by atoms with Gasteiger partial charge in [0.2, 0.25) is 12.6 Å². The molecule has 48 heavy (non-hydrogen) atoms. The van der Waals surface area contributed by atoms with Crippen molar-refractivity contribution in [3.8, 4) is 23.0 Å². The van der Waals surface area contributed by atoms with Crippen LogP contribution in [0.15, 0.2) is 36.4 Å². The Morgan fingerprint density at radius 3 is 1.31 bits per heavy atom. The highest BCUT2D eigenvalue weighted by Crippen LogP contribution is 2.52. The fourth-order valence-corrected chi connectivity index (χ4v) is 6.73. The van der Waals surface area contributed by atoms with Gasteiger partial charge in [-0.2, -0.15) is 0 Å². The molecule has 2 aromatic rings. The molecular formula is C32H42O16. The smallest absolute Gasteiger partial charge is 0.229 e. The van der Waals surface area contributed by atoms with E-state index >= 15 is 0 Å². The molecule has 4 aliphatic rings. The monoisotopic (exact) mass is 682 g/mol. The van der Waals surface area contributed by atoms with E-state index in [9.17, 15) is 40.9 Å². The number of methoxy groups -OCH3 is 2. The summed E-state index contributed by atoms with van der Waals surface area (Å²) in [7, 11) is 2.90. The summed E-state index contributed by atoms with van der Waals surface area (Å²) in [5.74, 6) is 0.997. The molecular weight excluding hydrogens is 640 g/mol. The highest BCUT2D eigenvalue weighted by Gasteiger charge is 2.49. The number of ether oxygens (including phenoxy) is 8. The molecule has 0 aliphatic carbocycles. The number of benzene rings is 2. The molecule has 266 valence electrons. The molecule has 4 heterocycles. The Kier molecular flexibility index (Phi) is 10.6. The second kappa shape index (κ2) is 14.6. The van der Waals surface area contributed by atoms with Crippen LogP contribution in [0.5, 0.6) is 23.0 Å². The van der Waals surface area contributed by atoms with Gasteiger partial charge in [0.1, 0.15) is 48.8 Å². The van der Waals surface area contributed by atoms with Crippen molar-refractivity contribution in [2.45, 2.75) is 73.6 Å². The summed E-state index contributed by atoms with van der Waals surface area (Å²) >= 11 is 0. The topological polar surface area (TPSA) is 236 Å². The Hall–Kier alpha value is -2.84. The van der Waals surface area contributed by atoms with Crippen molar-refractivity contribution in [1.82, 2.24) is 0 Å². The van der Waals surface area contributed by atoms with Crippen LogP contribution in [0, 0.1) is 11.8 Å². The Labute approximate surface area is 275 Å². The molecule has 14 atom stereocenters. The number of hydrogen-bond acceptors (Lipinski definition) is 16. The molecule has 0 radical (unpaired) electrons. The molecule has 0 aromatic heterocycles. The molecule has 0 saturated carbocycles. The van der Waals surface area contributed by atoms with Gasteiger partial charge in [0.05, 0.1) is 52.9 Å². The molecule has 0 bridgehead atoms. The average Bonchev–Trinajstić information content (AvgIpc) is 3.72. The first kappa shape index (κ1) is 35.0. The van der Waals surface area contributed by atoms with Crippen LogP contribution < -0.4 is 18.9 Å². The summed E-state index contributed by atoms with van der Waals surface area (Å²) in [6.45, 7) is -0.371. The van der Waals surface area contributed by atoms with Gasteiger partial charge in [0, 0.05) is 11.8 Å². The summed E-state index contributed by atoms with van der Waals surface area (Å²) in [5, 5.41) is 80.1. The van der Waals surface area contributed by atoms with Crippen LogP contribution in [0.2, 0.25) is 0 Å². The molecule has 4 aliphatic heterocycles. The van der Waals surface area contributed by atoms with E-state index in [1.807, 2.05) is 0 Å². The van der Waals surface area contributed by atoms with Crippen LogP contribution in [0.3, 0.4) is 0 Å². The van der Waals surface area contributed by atoms with E-state index in [1.165, 1.54) is 14.2 Å². The largest absolute Gasteiger partial charge is 0.493 e. The van der Waals surface area contributed by atoms with E-state index in [1.54, 1.807) is 36.4 Å². The third-order valence-electron chi connectivity index (χ3n) is 9.48. The quantitative estimate of drug-likeness (QED) is 0.137. The van der Waals surface area contributed by atoms with E-state index < -0.39 is 74.6 Å². The molecule has 0 unspecified atom stereocenters. The van der Waals surface area contributed by atoms with Crippen LogP contribution in [0.1, 0.15) is 23.3 Å². The molecule has 4 saturated heterocycles. The molecule has 6 rings (SSSR count). The lowest BCUT2D eigenvalue weighted by atomic mass is 9.85. The molecule has 8 N–H and O–H groups in total. The van der Waals surface area contributed by atoms with E-state index in [4.69, 9.17) is 37.9 Å². The summed E-state index contributed by atoms with van der Waals surface area (Å²) in [4.78, 5) is 0. The van der Waals surface area contributed by atoms with Gasteiger partial charge in [0.25, 0.3) is 0 Å². The van der Waals surface area contributed by atoms with E-state index in [0.29, 0.717) is 24.7 Å². The lowest BCUT2D eigenvalue weighted by molar-refractivity contribution is -0.277. The fourth-order valence-electron chi connectivity index (χ4n) is 6.73. The number of hydrogen-bond donors (Lipinski definition) is 8. The summed E-state index contributed by atoms with van der Waals surface area (Å²) in [6, 6.07) is 10.3. The Morgan fingerprint density at radius 1 is 0.562 bits per heavy atom. The maximum atomic E-state index is 10.4. The minimum absolute atomic E-state index is 0.0204. The molecule has 0 amide bonds. The summed E-state index contributed by atoms with van der Waals surface area (Å²) in [5.41, 5.74) is 1.59. The Balaban J connectivity index is 1.14. The predicted molar refractivity (Wildman–Crippen MR) is 159 cm³/mol. The van der Waals surface area contributed by atoms with Crippen molar-refractivity contribution < 1.29 is 78.7 Å². The van der Waals surface area contributed by atoms with E-state index in [2.05, 4.69) is 0 Å². The normalized spacial score (nSPS) is 39.5. The number of rotatable bonds is 10. The maximum absolute atomic E-state index is 10.4. The van der Waals surface area contributed by atoms with Gasteiger partial charge in [-0.05, 0) is 35.4 Å². The zero-order valence-corrected chi connectivity index (χ0v) is 26.2. The van der Waals surface area contributed by atoms with Gasteiger partial charge in [-0.3, -0.25) is 0 Å². The van der Waals surface area contributed by atoms with Crippen molar-refractivity contribution in [3.05, 3.63) is 47.5 Å². The highest BCUT2D eigenvalue weighted by atomic mass is 16.7. The van der Waals surface area contributed by atoms with Gasteiger partial charge in [-0.25, -0.2) is 0 Å². The van der Waals surface area contributed by atoms with Gasteiger partial charge in [-0.15, -0.1) is 0 Å². The average molecular weight is 683 g/mol. The maximum Gasteiger partial charge on any atom is 0.229 e. The Morgan fingerprint density at radius 2 is 0.958 bits per heavy atom. The van der Waals surface area contributed by atoms with Crippen molar-refractivity contribution >= 4 is 0 Å². The van der Waals surface area contributed by atoms with E-state index in [0.717, 1.165) is 11.1 Å². The van der Waals surface area contributed by atoms with Gasteiger partial charge in [0.15, 0.2) is 23.0 Å². The third kappa shape index (κ3) is 6.44. The SMILES string of the molecule is COc1cc([C@H]2OC[C@H]3[C@H]2CO[C@@H]3c2ccc(O[C@@H]3O[C@H](CO)[C@@H](O)[C@H](O)[C@H]3O)c(OC)c2)ccc1O[C@@H]1O[C@H](CO)[C@@H](O)[C@H](O)[C@H]1O.